The molecule has 0 spiro atoms. The molecule has 0 aliphatic rings. The van der Waals surface area contributed by atoms with E-state index in [2.05, 4.69) is 20.8 Å². The van der Waals surface area contributed by atoms with Crippen LogP contribution in [0.3, 0.4) is 0 Å². The number of carbonyl (C=O) groups is 2. The average Bonchev–Trinajstić information content (AvgIpc) is 2.50. The van der Waals surface area contributed by atoms with Crippen molar-refractivity contribution in [2.75, 3.05) is 7.05 Å². The summed E-state index contributed by atoms with van der Waals surface area (Å²) in [7, 11) is 1.74. The molecule has 0 saturated heterocycles. The number of nitrogens with zero attached hydrogens (tertiary/aromatic N) is 1. The molecule has 3 heteroatoms. The third-order valence-corrected chi connectivity index (χ3v) is 4.09. The summed E-state index contributed by atoms with van der Waals surface area (Å²) in [5.41, 5.74) is 0.654. The van der Waals surface area contributed by atoms with Crippen LogP contribution in [0.2, 0.25) is 0 Å². The van der Waals surface area contributed by atoms with E-state index >= 15 is 0 Å². The largest absolute Gasteiger partial charge is 0.335 e. The number of amides is 1. The Kier molecular flexibility index (Phi) is 6.60. The molecule has 2 atom stereocenters. The molecule has 0 heterocycles. The summed E-state index contributed by atoms with van der Waals surface area (Å²) in [4.78, 5) is 26.7. The first-order valence-electron chi connectivity index (χ1n) is 7.76. The van der Waals surface area contributed by atoms with Crippen molar-refractivity contribution in [3.63, 3.8) is 0 Å². The minimum absolute atomic E-state index is 0.00831. The number of Topliss-reactive ketones (excluding diaryl/α,β-unsaturated/α-hetero) is 1. The maximum atomic E-state index is 12.6. The van der Waals surface area contributed by atoms with E-state index in [0.29, 0.717) is 11.5 Å². The summed E-state index contributed by atoms with van der Waals surface area (Å²) in [6.07, 6.45) is 1.84. The van der Waals surface area contributed by atoms with Crippen LogP contribution in [0.15, 0.2) is 30.3 Å². The molecule has 1 aromatic carbocycles. The van der Waals surface area contributed by atoms with Crippen molar-refractivity contribution in [3.8, 4) is 0 Å². The van der Waals surface area contributed by atoms with E-state index < -0.39 is 6.04 Å². The van der Waals surface area contributed by atoms with Gasteiger partial charge in [-0.15, -0.1) is 0 Å². The smallest absolute Gasteiger partial charge is 0.226 e. The quantitative estimate of drug-likeness (QED) is 0.716. The predicted octanol–water partition coefficient (Wildman–Crippen LogP) is 3.79. The molecule has 21 heavy (non-hydrogen) atoms. The van der Waals surface area contributed by atoms with Crippen molar-refractivity contribution in [3.05, 3.63) is 35.9 Å². The van der Waals surface area contributed by atoms with Gasteiger partial charge in [0.15, 0.2) is 5.78 Å². The lowest BCUT2D eigenvalue weighted by molar-refractivity contribution is -0.137. The lowest BCUT2D eigenvalue weighted by Gasteiger charge is -2.30. The summed E-state index contributed by atoms with van der Waals surface area (Å²) in [6.45, 7) is 8.02. The maximum Gasteiger partial charge on any atom is 0.226 e. The molecule has 0 unspecified atom stereocenters. The molecule has 1 aromatic rings. The van der Waals surface area contributed by atoms with Gasteiger partial charge in [-0.3, -0.25) is 9.59 Å². The molecular formula is C18H27NO2. The molecule has 0 N–H and O–H groups in total. The van der Waals surface area contributed by atoms with Gasteiger partial charge in [0.05, 0.1) is 6.04 Å². The summed E-state index contributed by atoms with van der Waals surface area (Å²) in [5.74, 6) is 0.346. The Hall–Kier alpha value is -1.64. The van der Waals surface area contributed by atoms with Gasteiger partial charge in [-0.25, -0.2) is 0 Å². The minimum Gasteiger partial charge on any atom is -0.335 e. The van der Waals surface area contributed by atoms with Crippen LogP contribution >= 0.6 is 0 Å². The van der Waals surface area contributed by atoms with Crippen LogP contribution in [0.5, 0.6) is 0 Å². The van der Waals surface area contributed by atoms with Crippen LogP contribution in [0, 0.1) is 11.8 Å². The molecule has 1 amide bonds. The number of benzene rings is 1. The van der Waals surface area contributed by atoms with E-state index in [-0.39, 0.29) is 17.6 Å². The molecule has 116 valence electrons. The highest BCUT2D eigenvalue weighted by molar-refractivity contribution is 6.01. The molecule has 0 radical (unpaired) electrons. The van der Waals surface area contributed by atoms with Crippen molar-refractivity contribution >= 4 is 11.7 Å². The third-order valence-electron chi connectivity index (χ3n) is 4.09. The van der Waals surface area contributed by atoms with Gasteiger partial charge in [0.25, 0.3) is 0 Å². The molecule has 0 aromatic heterocycles. The van der Waals surface area contributed by atoms with Crippen LogP contribution in [0.1, 0.15) is 50.9 Å². The van der Waals surface area contributed by atoms with Gasteiger partial charge in [-0.2, -0.15) is 0 Å². The van der Waals surface area contributed by atoms with Crippen molar-refractivity contribution in [2.24, 2.45) is 11.8 Å². The highest BCUT2D eigenvalue weighted by Gasteiger charge is 2.29. The third kappa shape index (κ3) is 4.42. The van der Waals surface area contributed by atoms with E-state index in [0.717, 1.165) is 12.8 Å². The maximum absolute atomic E-state index is 12.6. The van der Waals surface area contributed by atoms with Crippen molar-refractivity contribution in [1.29, 1.82) is 0 Å². The molecule has 0 aliphatic carbocycles. The standard InChI is InChI=1S/C18H27NO2/c1-6-10-16(13(2)3)18(21)19(5)14(4)17(20)15-11-8-7-9-12-15/h7-9,11-14,16H,6,10H2,1-5H3/t14-,16-/m0/s1. The van der Waals surface area contributed by atoms with E-state index in [9.17, 15) is 9.59 Å². The van der Waals surface area contributed by atoms with E-state index in [1.807, 2.05) is 18.2 Å². The van der Waals surface area contributed by atoms with Gasteiger partial charge in [0.1, 0.15) is 0 Å². The summed E-state index contributed by atoms with van der Waals surface area (Å²) in [6, 6.07) is 8.72. The van der Waals surface area contributed by atoms with Crippen LogP contribution in [-0.2, 0) is 4.79 Å². The SMILES string of the molecule is CCC[C@H](C(=O)N(C)[C@@H](C)C(=O)c1ccccc1)C(C)C. The number of hydrogen-bond acceptors (Lipinski definition) is 2. The van der Waals surface area contributed by atoms with Crippen LogP contribution in [-0.4, -0.2) is 29.7 Å². The van der Waals surface area contributed by atoms with E-state index in [1.165, 1.54) is 0 Å². The van der Waals surface area contributed by atoms with Gasteiger partial charge < -0.3 is 4.90 Å². The Bertz CT molecular complexity index is 467. The summed E-state index contributed by atoms with van der Waals surface area (Å²) >= 11 is 0. The van der Waals surface area contributed by atoms with Crippen molar-refractivity contribution in [2.45, 2.75) is 46.6 Å². The second kappa shape index (κ2) is 7.96. The van der Waals surface area contributed by atoms with Gasteiger partial charge >= 0.3 is 0 Å². The van der Waals surface area contributed by atoms with Gasteiger partial charge in [0.2, 0.25) is 5.91 Å². The zero-order valence-electron chi connectivity index (χ0n) is 13.8. The zero-order valence-corrected chi connectivity index (χ0v) is 13.8. The second-order valence-electron chi connectivity index (χ2n) is 5.99. The van der Waals surface area contributed by atoms with Gasteiger partial charge in [0, 0.05) is 18.5 Å². The molecule has 3 nitrogen and oxygen atoms in total. The second-order valence-corrected chi connectivity index (χ2v) is 5.99. The first-order valence-corrected chi connectivity index (χ1v) is 7.76. The van der Waals surface area contributed by atoms with Crippen molar-refractivity contribution < 1.29 is 9.59 Å². The topological polar surface area (TPSA) is 37.4 Å². The van der Waals surface area contributed by atoms with Crippen LogP contribution < -0.4 is 0 Å². The lowest BCUT2D eigenvalue weighted by Crippen LogP contribution is -2.44. The normalized spacial score (nSPS) is 13.8. The summed E-state index contributed by atoms with van der Waals surface area (Å²) in [5, 5.41) is 0. The Morgan fingerprint density at radius 3 is 2.14 bits per heavy atom. The first kappa shape index (κ1) is 17.4. The highest BCUT2D eigenvalue weighted by atomic mass is 16.2. The fraction of sp³-hybridized carbons (Fsp3) is 0.556. The number of rotatable bonds is 7. The molecule has 0 saturated carbocycles. The van der Waals surface area contributed by atoms with E-state index in [1.54, 1.807) is 31.0 Å². The number of carbonyl (C=O) groups excluding carboxylic acids is 2. The minimum atomic E-state index is -0.432. The fourth-order valence-electron chi connectivity index (χ4n) is 2.52. The number of hydrogen-bond donors (Lipinski definition) is 0. The Balaban J connectivity index is 2.83. The van der Waals surface area contributed by atoms with Crippen molar-refractivity contribution in [1.82, 2.24) is 4.90 Å². The monoisotopic (exact) mass is 289 g/mol. The molecule has 1 rings (SSSR count). The lowest BCUT2D eigenvalue weighted by atomic mass is 9.89. The molecule has 0 bridgehead atoms. The first-order chi connectivity index (χ1) is 9.90. The molecule has 0 fully saturated rings. The van der Waals surface area contributed by atoms with Gasteiger partial charge in [-0.05, 0) is 19.3 Å². The highest BCUT2D eigenvalue weighted by Crippen LogP contribution is 2.21. The average molecular weight is 289 g/mol. The van der Waals surface area contributed by atoms with Gasteiger partial charge in [-0.1, -0.05) is 57.5 Å². The Morgan fingerprint density at radius 2 is 1.67 bits per heavy atom. The predicted molar refractivity (Wildman–Crippen MR) is 86.2 cm³/mol. The van der Waals surface area contributed by atoms with E-state index in [4.69, 9.17) is 0 Å². The number of likely N-dealkylation sites (N-methyl/N-ethyl adjacent to an activating group) is 1. The van der Waals surface area contributed by atoms with Crippen LogP contribution in [0.4, 0.5) is 0 Å². The zero-order chi connectivity index (χ0) is 16.0. The summed E-state index contributed by atoms with van der Waals surface area (Å²) < 4.78 is 0. The number of ketones is 1. The Labute approximate surface area is 128 Å². The fourth-order valence-corrected chi connectivity index (χ4v) is 2.52. The Morgan fingerprint density at radius 1 is 1.10 bits per heavy atom. The molecule has 0 aliphatic heterocycles. The molecular weight excluding hydrogens is 262 g/mol. The van der Waals surface area contributed by atoms with Crippen LogP contribution in [0.25, 0.3) is 0 Å².